The van der Waals surface area contributed by atoms with Crippen LogP contribution in [0.5, 0.6) is 0 Å². The van der Waals surface area contributed by atoms with Gasteiger partial charge in [0.1, 0.15) is 0 Å². The molecule has 0 nitrogen and oxygen atoms in total. The summed E-state index contributed by atoms with van der Waals surface area (Å²) < 4.78 is 0. The summed E-state index contributed by atoms with van der Waals surface area (Å²) >= 11 is 0. The molecular weight excluding hydrogens is 84.1 g/mol. The molecule has 0 atom stereocenters. The lowest BCUT2D eigenvalue weighted by molar-refractivity contribution is 0.758. The van der Waals surface area contributed by atoms with Crippen molar-refractivity contribution in [2.24, 2.45) is 0 Å². The van der Waals surface area contributed by atoms with Gasteiger partial charge in [-0.3, -0.25) is 0 Å². The predicted octanol–water partition coefficient (Wildman–Crippen LogP) is 2.12. The van der Waals surface area contributed by atoms with Gasteiger partial charge in [0, 0.05) is 0 Å². The Morgan fingerprint density at radius 3 is 3.43 bits per heavy atom. The van der Waals surface area contributed by atoms with Crippen molar-refractivity contribution in [3.63, 3.8) is 0 Å². The van der Waals surface area contributed by atoms with Crippen LogP contribution in [-0.2, 0) is 0 Å². The van der Waals surface area contributed by atoms with Crippen LogP contribution in [0.2, 0.25) is 0 Å². The Hall–Kier alpha value is -0.390. The minimum absolute atomic E-state index is 1.16. The van der Waals surface area contributed by atoms with E-state index in [0.29, 0.717) is 0 Å². The van der Waals surface area contributed by atoms with Crippen LogP contribution in [-0.4, -0.2) is 0 Å². The van der Waals surface area contributed by atoms with Crippen LogP contribution in [0.15, 0.2) is 6.08 Å². The third-order valence-electron chi connectivity index (χ3n) is 1.18. The molecule has 1 aliphatic carbocycles. The second-order valence-electron chi connectivity index (χ2n) is 1.85. The zero-order valence-corrected chi connectivity index (χ0v) is 4.48. The minimum atomic E-state index is 1.16. The third kappa shape index (κ3) is 1.67. The van der Waals surface area contributed by atoms with Gasteiger partial charge in [-0.05, 0) is 31.8 Å². The van der Waals surface area contributed by atoms with E-state index < -0.39 is 0 Å². The molecule has 0 aromatic carbocycles. The minimum Gasteiger partial charge on any atom is -0.0843 e. The molecule has 0 aromatic heterocycles. The highest BCUT2D eigenvalue weighted by molar-refractivity contribution is 4.91. The fraction of sp³-hybridized carbons (Fsp3) is 0.571. The molecular formula is C7H10. The fourth-order valence-corrected chi connectivity index (χ4v) is 0.739. The van der Waals surface area contributed by atoms with E-state index >= 15 is 0 Å². The quantitative estimate of drug-likeness (QED) is 0.403. The largest absolute Gasteiger partial charge is 0.0843 e. The van der Waals surface area contributed by atoms with Crippen LogP contribution in [0.3, 0.4) is 0 Å². The van der Waals surface area contributed by atoms with E-state index in [1.807, 2.05) is 6.08 Å². The predicted molar refractivity (Wildman–Crippen MR) is 30.6 cm³/mol. The van der Waals surface area contributed by atoms with Gasteiger partial charge >= 0.3 is 0 Å². The highest BCUT2D eigenvalue weighted by atomic mass is 13.9. The summed E-state index contributed by atoms with van der Waals surface area (Å²) in [6.07, 6.45) is 12.5. The Bertz CT molecular complexity index is 54.4. The molecule has 0 saturated heterocycles. The highest BCUT2D eigenvalue weighted by Crippen LogP contribution is 2.07. The molecule has 0 saturated carbocycles. The Balaban J connectivity index is 2.20. The molecule has 0 spiro atoms. The van der Waals surface area contributed by atoms with Gasteiger partial charge in [-0.2, -0.15) is 0 Å². The van der Waals surface area contributed by atoms with Gasteiger partial charge in [-0.1, -0.05) is 12.5 Å². The van der Waals surface area contributed by atoms with Gasteiger partial charge in [-0.15, -0.1) is 0 Å². The van der Waals surface area contributed by atoms with E-state index in [1.54, 1.807) is 0 Å². The first kappa shape index (κ1) is 4.76. The monoisotopic (exact) mass is 94.1 g/mol. The van der Waals surface area contributed by atoms with E-state index in [1.165, 1.54) is 19.3 Å². The first-order valence-electron chi connectivity index (χ1n) is 2.88. The second-order valence-corrected chi connectivity index (χ2v) is 1.85. The van der Waals surface area contributed by atoms with Crippen LogP contribution in [0.1, 0.15) is 25.7 Å². The van der Waals surface area contributed by atoms with Crippen molar-refractivity contribution >= 4 is 0 Å². The van der Waals surface area contributed by atoms with Crippen LogP contribution < -0.4 is 0 Å². The second kappa shape index (κ2) is 2.73. The Morgan fingerprint density at radius 1 is 1.43 bits per heavy atom. The Kier molecular flexibility index (Phi) is 1.86. The molecule has 0 aromatic rings. The van der Waals surface area contributed by atoms with Gasteiger partial charge in [0.25, 0.3) is 0 Å². The molecule has 0 aliphatic heterocycles. The highest BCUT2D eigenvalue weighted by Gasteiger charge is 1.89. The Morgan fingerprint density at radius 2 is 2.43 bits per heavy atom. The zero-order valence-electron chi connectivity index (χ0n) is 4.48. The molecule has 38 valence electrons. The van der Waals surface area contributed by atoms with E-state index in [2.05, 4.69) is 12.5 Å². The molecule has 0 heteroatoms. The van der Waals surface area contributed by atoms with Gasteiger partial charge < -0.3 is 0 Å². The molecule has 0 radical (unpaired) electrons. The summed E-state index contributed by atoms with van der Waals surface area (Å²) in [5, 5.41) is 0. The van der Waals surface area contributed by atoms with E-state index in [-0.39, 0.29) is 0 Å². The number of rotatable bonds is 0. The first-order chi connectivity index (χ1) is 3.50. The molecule has 1 rings (SSSR count). The summed E-state index contributed by atoms with van der Waals surface area (Å²) in [7, 11) is 0. The number of hydrogen-bond donors (Lipinski definition) is 0. The summed E-state index contributed by atoms with van der Waals surface area (Å²) in [4.78, 5) is 0. The summed E-state index contributed by atoms with van der Waals surface area (Å²) in [5.41, 5.74) is 0. The molecule has 0 bridgehead atoms. The van der Waals surface area contributed by atoms with Crippen molar-refractivity contribution < 1.29 is 0 Å². The normalized spacial score (nSPS) is 20.6. The lowest BCUT2D eigenvalue weighted by atomic mass is 10.2. The maximum Gasteiger partial charge on any atom is -0.0276 e. The average Bonchev–Trinajstić information content (AvgIpc) is 1.90. The number of hydrogen-bond acceptors (Lipinski definition) is 0. The summed E-state index contributed by atoms with van der Waals surface area (Å²) in [6, 6.07) is 0. The van der Waals surface area contributed by atoms with Gasteiger partial charge in [-0.25, -0.2) is 0 Å². The van der Waals surface area contributed by atoms with E-state index in [0.717, 1.165) is 6.42 Å². The number of allylic oxidation sites excluding steroid dienone is 2. The molecule has 0 heterocycles. The van der Waals surface area contributed by atoms with Crippen molar-refractivity contribution in [1.29, 1.82) is 0 Å². The molecule has 0 unspecified atom stereocenters. The van der Waals surface area contributed by atoms with Crippen molar-refractivity contribution in [3.8, 4) is 0 Å². The van der Waals surface area contributed by atoms with Crippen LogP contribution in [0.25, 0.3) is 0 Å². The van der Waals surface area contributed by atoms with Crippen molar-refractivity contribution in [2.45, 2.75) is 25.7 Å². The zero-order chi connectivity index (χ0) is 4.95. The third-order valence-corrected chi connectivity index (χ3v) is 1.18. The maximum absolute atomic E-state index is 3.17. The topological polar surface area (TPSA) is 0 Å². The summed E-state index contributed by atoms with van der Waals surface area (Å²) in [5.74, 6) is 0. The smallest absolute Gasteiger partial charge is 0.0276 e. The van der Waals surface area contributed by atoms with Crippen LogP contribution >= 0.6 is 0 Å². The van der Waals surface area contributed by atoms with Gasteiger partial charge in [0.15, 0.2) is 0 Å². The molecule has 1 aliphatic rings. The average molecular weight is 94.2 g/mol. The van der Waals surface area contributed by atoms with Crippen molar-refractivity contribution in [2.75, 3.05) is 0 Å². The van der Waals surface area contributed by atoms with Gasteiger partial charge in [0.2, 0.25) is 0 Å². The van der Waals surface area contributed by atoms with E-state index in [9.17, 15) is 0 Å². The molecule has 7 heavy (non-hydrogen) atoms. The maximum atomic E-state index is 3.17. The molecule has 0 N–H and O–H groups in total. The standard InChI is InChI=1S/C7H10/c1-2-4-6-7-5-3-1/h1-2H,3,5-7H2. The summed E-state index contributed by atoms with van der Waals surface area (Å²) in [6.45, 7) is 0. The lowest BCUT2D eigenvalue weighted by Crippen LogP contribution is -1.67. The van der Waals surface area contributed by atoms with Crippen molar-refractivity contribution in [1.82, 2.24) is 0 Å². The lowest BCUT2D eigenvalue weighted by Gasteiger charge is -1.86. The van der Waals surface area contributed by atoms with Crippen molar-refractivity contribution in [3.05, 3.63) is 18.6 Å². The Labute approximate surface area is 45.2 Å². The van der Waals surface area contributed by atoms with Crippen LogP contribution in [0.4, 0.5) is 0 Å². The first-order valence-corrected chi connectivity index (χ1v) is 2.88. The van der Waals surface area contributed by atoms with Gasteiger partial charge in [0.05, 0.1) is 0 Å². The SMILES string of the molecule is [C-]1=C[CH+]CCCC1. The van der Waals surface area contributed by atoms with Crippen LogP contribution in [0, 0.1) is 12.5 Å². The molecule has 0 amide bonds. The molecule has 0 fully saturated rings. The van der Waals surface area contributed by atoms with E-state index in [4.69, 9.17) is 0 Å². The fourth-order valence-electron chi connectivity index (χ4n) is 0.739.